The van der Waals surface area contributed by atoms with Crippen LogP contribution in [0.3, 0.4) is 0 Å². The molecule has 0 aliphatic carbocycles. The molecule has 0 atom stereocenters. The third-order valence-corrected chi connectivity index (χ3v) is 3.12. The number of aryl methyl sites for hydroxylation is 1. The number of ether oxygens (including phenoxy) is 1. The summed E-state index contributed by atoms with van der Waals surface area (Å²) >= 11 is 0. The number of benzene rings is 1. The van der Waals surface area contributed by atoms with E-state index in [-0.39, 0.29) is 0 Å². The Morgan fingerprint density at radius 2 is 1.95 bits per heavy atom. The molecule has 5 heteroatoms. The van der Waals surface area contributed by atoms with E-state index in [2.05, 4.69) is 16.0 Å². The molecule has 0 spiro atoms. The molecule has 2 aromatic heterocycles. The van der Waals surface area contributed by atoms with Gasteiger partial charge in [0.15, 0.2) is 0 Å². The number of nitrogens with two attached hydrogens (primary N) is 1. The molecule has 0 bridgehead atoms. The second kappa shape index (κ2) is 4.28. The maximum Gasteiger partial charge on any atom is 0.235 e. The lowest BCUT2D eigenvalue weighted by Gasteiger charge is -2.08. The minimum atomic E-state index is 0.578. The van der Waals surface area contributed by atoms with E-state index in [0.29, 0.717) is 11.6 Å². The van der Waals surface area contributed by atoms with Gasteiger partial charge in [-0.15, -0.1) is 0 Å². The van der Waals surface area contributed by atoms with Gasteiger partial charge >= 0.3 is 0 Å². The normalized spacial score (nSPS) is 10.8. The molecule has 0 fully saturated rings. The molecule has 5 nitrogen and oxygen atoms in total. The highest BCUT2D eigenvalue weighted by atomic mass is 16.5. The van der Waals surface area contributed by atoms with E-state index >= 15 is 0 Å². The Labute approximate surface area is 110 Å². The topological polar surface area (TPSA) is 65.4 Å². The minimum Gasteiger partial charge on any atom is -0.496 e. The molecule has 1 aromatic carbocycles. The lowest BCUT2D eigenvalue weighted by atomic mass is 10.1. The molecule has 2 heterocycles. The van der Waals surface area contributed by atoms with E-state index in [1.54, 1.807) is 23.9 Å². The van der Waals surface area contributed by atoms with Gasteiger partial charge in [-0.25, -0.2) is 9.97 Å². The Morgan fingerprint density at radius 3 is 2.68 bits per heavy atom. The third kappa shape index (κ3) is 1.89. The predicted octanol–water partition coefficient (Wildman–Crippen LogP) is 2.30. The van der Waals surface area contributed by atoms with Gasteiger partial charge in [-0.05, 0) is 30.2 Å². The maximum atomic E-state index is 5.84. The number of aromatic nitrogens is 3. The quantitative estimate of drug-likeness (QED) is 0.762. The number of anilines is 1. The molecule has 3 aromatic rings. The molecular formula is C14H14N4O. The Morgan fingerprint density at radius 1 is 1.16 bits per heavy atom. The average molecular weight is 254 g/mol. The second-order valence-electron chi connectivity index (χ2n) is 4.38. The van der Waals surface area contributed by atoms with Crippen LogP contribution in [0.25, 0.3) is 16.9 Å². The molecular weight excluding hydrogens is 240 g/mol. The SMILES string of the molecule is COc1ccc(-c2cnc3ncc(N)n3c2)cc1C. The first-order valence-electron chi connectivity index (χ1n) is 5.92. The molecule has 0 saturated heterocycles. The van der Waals surface area contributed by atoms with Crippen LogP contribution in [0.4, 0.5) is 5.82 Å². The largest absolute Gasteiger partial charge is 0.496 e. The summed E-state index contributed by atoms with van der Waals surface area (Å²) in [5.74, 6) is 2.06. The van der Waals surface area contributed by atoms with Gasteiger partial charge in [0.25, 0.3) is 0 Å². The first-order chi connectivity index (χ1) is 9.19. The maximum absolute atomic E-state index is 5.84. The van der Waals surface area contributed by atoms with Gasteiger partial charge in [0, 0.05) is 18.0 Å². The number of hydrogen-bond donors (Lipinski definition) is 1. The number of rotatable bonds is 2. The van der Waals surface area contributed by atoms with Crippen LogP contribution in [-0.2, 0) is 0 Å². The summed E-state index contributed by atoms with van der Waals surface area (Å²) in [6.45, 7) is 2.01. The van der Waals surface area contributed by atoms with Crippen molar-refractivity contribution < 1.29 is 4.74 Å². The molecule has 0 radical (unpaired) electrons. The van der Waals surface area contributed by atoms with Crippen molar-refractivity contribution in [1.29, 1.82) is 0 Å². The zero-order valence-electron chi connectivity index (χ0n) is 10.8. The summed E-state index contributed by atoms with van der Waals surface area (Å²) in [6.07, 6.45) is 5.33. The summed E-state index contributed by atoms with van der Waals surface area (Å²) in [6, 6.07) is 6.02. The van der Waals surface area contributed by atoms with Crippen molar-refractivity contribution in [3.8, 4) is 16.9 Å². The Hall–Kier alpha value is -2.56. The average Bonchev–Trinajstić information content (AvgIpc) is 2.80. The van der Waals surface area contributed by atoms with Crippen molar-refractivity contribution in [3.63, 3.8) is 0 Å². The highest BCUT2D eigenvalue weighted by molar-refractivity contribution is 5.65. The predicted molar refractivity (Wildman–Crippen MR) is 74.1 cm³/mol. The number of nitrogens with zero attached hydrogens (tertiary/aromatic N) is 3. The van der Waals surface area contributed by atoms with Crippen LogP contribution in [0.1, 0.15) is 5.56 Å². The Balaban J connectivity index is 2.13. The van der Waals surface area contributed by atoms with E-state index in [1.165, 1.54) is 0 Å². The fraction of sp³-hybridized carbons (Fsp3) is 0.143. The summed E-state index contributed by atoms with van der Waals surface area (Å²) < 4.78 is 7.03. The lowest BCUT2D eigenvalue weighted by molar-refractivity contribution is 0.412. The fourth-order valence-electron chi connectivity index (χ4n) is 2.10. The Kier molecular flexibility index (Phi) is 2.59. The number of methoxy groups -OCH3 is 1. The standard InChI is InChI=1S/C14H14N4O/c1-9-5-10(3-4-12(9)19-2)11-6-16-14-17-7-13(15)18(14)8-11/h3-8H,15H2,1-2H3. The van der Waals surface area contributed by atoms with E-state index in [1.807, 2.05) is 25.3 Å². The first-order valence-corrected chi connectivity index (χ1v) is 5.92. The number of fused-ring (bicyclic) bond motifs is 1. The van der Waals surface area contributed by atoms with E-state index in [9.17, 15) is 0 Å². The molecule has 0 saturated carbocycles. The van der Waals surface area contributed by atoms with Crippen molar-refractivity contribution in [1.82, 2.24) is 14.4 Å². The highest BCUT2D eigenvalue weighted by Gasteiger charge is 2.06. The molecule has 3 rings (SSSR count). The van der Waals surface area contributed by atoms with Gasteiger partial charge in [0.1, 0.15) is 11.6 Å². The third-order valence-electron chi connectivity index (χ3n) is 3.12. The van der Waals surface area contributed by atoms with E-state index in [0.717, 1.165) is 22.4 Å². The molecule has 0 aliphatic heterocycles. The monoisotopic (exact) mass is 254 g/mol. The number of hydrogen-bond acceptors (Lipinski definition) is 4. The molecule has 2 N–H and O–H groups in total. The van der Waals surface area contributed by atoms with Crippen LogP contribution >= 0.6 is 0 Å². The number of imidazole rings is 1. The summed E-state index contributed by atoms with van der Waals surface area (Å²) in [5.41, 5.74) is 8.98. The minimum absolute atomic E-state index is 0.578. The van der Waals surface area contributed by atoms with Crippen molar-refractivity contribution in [3.05, 3.63) is 42.4 Å². The van der Waals surface area contributed by atoms with Crippen LogP contribution in [0.2, 0.25) is 0 Å². The van der Waals surface area contributed by atoms with Crippen molar-refractivity contribution >= 4 is 11.6 Å². The van der Waals surface area contributed by atoms with Crippen LogP contribution in [0, 0.1) is 6.92 Å². The molecule has 0 aliphatic rings. The van der Waals surface area contributed by atoms with Crippen LogP contribution in [0.15, 0.2) is 36.8 Å². The zero-order valence-corrected chi connectivity index (χ0v) is 10.8. The summed E-state index contributed by atoms with van der Waals surface area (Å²) in [4.78, 5) is 8.40. The van der Waals surface area contributed by atoms with E-state index in [4.69, 9.17) is 10.5 Å². The van der Waals surface area contributed by atoms with Gasteiger partial charge < -0.3 is 10.5 Å². The van der Waals surface area contributed by atoms with Gasteiger partial charge in [-0.2, -0.15) is 0 Å². The van der Waals surface area contributed by atoms with Gasteiger partial charge in [-0.3, -0.25) is 4.40 Å². The molecule has 96 valence electrons. The van der Waals surface area contributed by atoms with Crippen molar-refractivity contribution in [2.45, 2.75) is 6.92 Å². The van der Waals surface area contributed by atoms with Crippen molar-refractivity contribution in [2.75, 3.05) is 12.8 Å². The van der Waals surface area contributed by atoms with E-state index < -0.39 is 0 Å². The van der Waals surface area contributed by atoms with Gasteiger partial charge in [-0.1, -0.05) is 6.07 Å². The number of nitrogen functional groups attached to an aromatic ring is 1. The van der Waals surface area contributed by atoms with Gasteiger partial charge in [0.05, 0.1) is 13.3 Å². The van der Waals surface area contributed by atoms with Crippen molar-refractivity contribution in [2.24, 2.45) is 0 Å². The molecule has 0 amide bonds. The first kappa shape index (κ1) is 11.5. The summed E-state index contributed by atoms with van der Waals surface area (Å²) in [7, 11) is 1.67. The summed E-state index contributed by atoms with van der Waals surface area (Å²) in [5, 5.41) is 0. The van der Waals surface area contributed by atoms with Crippen LogP contribution in [0.5, 0.6) is 5.75 Å². The lowest BCUT2D eigenvalue weighted by Crippen LogP contribution is -1.95. The smallest absolute Gasteiger partial charge is 0.235 e. The van der Waals surface area contributed by atoms with Gasteiger partial charge in [0.2, 0.25) is 5.78 Å². The van der Waals surface area contributed by atoms with Crippen LogP contribution < -0.4 is 10.5 Å². The molecule has 0 unspecified atom stereocenters. The zero-order chi connectivity index (χ0) is 13.4. The fourth-order valence-corrected chi connectivity index (χ4v) is 2.10. The van der Waals surface area contributed by atoms with Crippen LogP contribution in [-0.4, -0.2) is 21.5 Å². The molecule has 19 heavy (non-hydrogen) atoms. The highest BCUT2D eigenvalue weighted by Crippen LogP contribution is 2.26. The Bertz CT molecular complexity index is 748. The second-order valence-corrected chi connectivity index (χ2v) is 4.38.